The van der Waals surface area contributed by atoms with E-state index in [2.05, 4.69) is 28.9 Å². The number of nitrogens with zero attached hydrogens (tertiary/aromatic N) is 3. The van der Waals surface area contributed by atoms with Gasteiger partial charge in [0, 0.05) is 13.0 Å². The Bertz CT molecular complexity index is 366. The minimum Gasteiger partial charge on any atom is -0.481 e. The van der Waals surface area contributed by atoms with E-state index in [0.29, 0.717) is 17.5 Å². The van der Waals surface area contributed by atoms with Crippen molar-refractivity contribution in [2.75, 3.05) is 25.4 Å². The fourth-order valence-electron chi connectivity index (χ4n) is 1.47. The summed E-state index contributed by atoms with van der Waals surface area (Å²) >= 11 is 1.25. The average molecular weight is 273 g/mol. The quantitative estimate of drug-likeness (QED) is 0.725. The van der Waals surface area contributed by atoms with Gasteiger partial charge in [-0.1, -0.05) is 19.0 Å². The summed E-state index contributed by atoms with van der Waals surface area (Å²) in [6.45, 7) is 7.17. The number of carboxylic acids is 1. The molecule has 0 aromatic carbocycles. The monoisotopic (exact) mass is 273 g/mol. The Labute approximate surface area is 111 Å². The lowest BCUT2D eigenvalue weighted by Gasteiger charge is -2.16. The lowest BCUT2D eigenvalue weighted by atomic mass is 10.3. The Balaban J connectivity index is 2.31. The highest BCUT2D eigenvalue weighted by molar-refractivity contribution is 7.99. The largest absolute Gasteiger partial charge is 0.481 e. The maximum absolute atomic E-state index is 10.3. The molecule has 1 heterocycles. The summed E-state index contributed by atoms with van der Waals surface area (Å²) < 4.78 is 5.05. The summed E-state index contributed by atoms with van der Waals surface area (Å²) in [4.78, 5) is 16.9. The number of likely N-dealkylation sites (N-methyl/N-ethyl adjacent to an activating group) is 1. The van der Waals surface area contributed by atoms with Crippen molar-refractivity contribution in [1.82, 2.24) is 15.0 Å². The van der Waals surface area contributed by atoms with Crippen molar-refractivity contribution in [3.05, 3.63) is 11.7 Å². The van der Waals surface area contributed by atoms with Gasteiger partial charge in [0.2, 0.25) is 5.89 Å². The van der Waals surface area contributed by atoms with Gasteiger partial charge in [-0.3, -0.25) is 4.79 Å². The molecule has 1 aromatic heterocycles. The number of hydrogen-bond donors (Lipinski definition) is 1. The summed E-state index contributed by atoms with van der Waals surface area (Å²) in [5, 5.41) is 12.4. The molecule has 0 saturated carbocycles. The van der Waals surface area contributed by atoms with Gasteiger partial charge in [0.15, 0.2) is 5.82 Å². The first-order chi connectivity index (χ1) is 8.65. The van der Waals surface area contributed by atoms with Gasteiger partial charge in [-0.25, -0.2) is 0 Å². The van der Waals surface area contributed by atoms with Crippen LogP contribution < -0.4 is 0 Å². The number of aromatic nitrogens is 2. The molecule has 0 saturated heterocycles. The molecule has 6 nitrogen and oxygen atoms in total. The van der Waals surface area contributed by atoms with Gasteiger partial charge >= 0.3 is 5.97 Å². The third-order valence-corrected chi connectivity index (χ3v) is 3.41. The molecule has 1 rings (SSSR count). The van der Waals surface area contributed by atoms with Crippen LogP contribution in [-0.4, -0.2) is 51.5 Å². The first-order valence-electron chi connectivity index (χ1n) is 5.99. The van der Waals surface area contributed by atoms with Crippen molar-refractivity contribution < 1.29 is 14.4 Å². The van der Waals surface area contributed by atoms with Gasteiger partial charge in [-0.2, -0.15) is 4.98 Å². The van der Waals surface area contributed by atoms with Crippen molar-refractivity contribution in [2.24, 2.45) is 0 Å². The molecule has 0 bridgehead atoms. The topological polar surface area (TPSA) is 79.5 Å². The zero-order valence-electron chi connectivity index (χ0n) is 10.8. The molecule has 7 heteroatoms. The number of carbonyl (C=O) groups is 1. The second kappa shape index (κ2) is 8.10. The molecule has 0 spiro atoms. The van der Waals surface area contributed by atoms with Crippen LogP contribution in [0.2, 0.25) is 0 Å². The molecular weight excluding hydrogens is 254 g/mol. The van der Waals surface area contributed by atoms with Crippen LogP contribution in [0.3, 0.4) is 0 Å². The Morgan fingerprint density at radius 1 is 1.44 bits per heavy atom. The van der Waals surface area contributed by atoms with Crippen LogP contribution in [0.4, 0.5) is 0 Å². The molecule has 102 valence electrons. The predicted octanol–water partition coefficient (Wildman–Crippen LogP) is 1.27. The van der Waals surface area contributed by atoms with Crippen LogP contribution in [0.1, 0.15) is 25.6 Å². The van der Waals surface area contributed by atoms with E-state index in [1.54, 1.807) is 0 Å². The van der Waals surface area contributed by atoms with Crippen LogP contribution in [0.25, 0.3) is 0 Å². The fourth-order valence-corrected chi connectivity index (χ4v) is 2.04. The molecule has 0 amide bonds. The van der Waals surface area contributed by atoms with E-state index >= 15 is 0 Å². The van der Waals surface area contributed by atoms with Crippen molar-refractivity contribution in [3.8, 4) is 0 Å². The van der Waals surface area contributed by atoms with Gasteiger partial charge in [0.1, 0.15) is 0 Å². The van der Waals surface area contributed by atoms with E-state index in [1.807, 2.05) is 0 Å². The Kier molecular flexibility index (Phi) is 6.74. The molecule has 1 N–H and O–H groups in total. The standard InChI is InChI=1S/C11H19N3O3S/c1-3-14(4-2)6-5-9-12-10(17-13-9)7-18-8-11(15)16/h3-8H2,1-2H3,(H,15,16). The zero-order chi connectivity index (χ0) is 13.4. The molecule has 0 aliphatic carbocycles. The SMILES string of the molecule is CCN(CC)CCc1noc(CSCC(=O)O)n1. The van der Waals surface area contributed by atoms with Crippen LogP contribution in [0, 0.1) is 0 Å². The fraction of sp³-hybridized carbons (Fsp3) is 0.727. The van der Waals surface area contributed by atoms with Gasteiger partial charge in [-0.15, -0.1) is 11.8 Å². The van der Waals surface area contributed by atoms with Crippen molar-refractivity contribution in [1.29, 1.82) is 0 Å². The van der Waals surface area contributed by atoms with Crippen molar-refractivity contribution in [2.45, 2.75) is 26.0 Å². The summed E-state index contributed by atoms with van der Waals surface area (Å²) in [5.41, 5.74) is 0. The molecule has 0 aliphatic rings. The Morgan fingerprint density at radius 2 is 2.17 bits per heavy atom. The lowest BCUT2D eigenvalue weighted by Crippen LogP contribution is -2.25. The number of thioether (sulfide) groups is 1. The smallest absolute Gasteiger partial charge is 0.313 e. The second-order valence-corrected chi connectivity index (χ2v) is 4.75. The van der Waals surface area contributed by atoms with E-state index < -0.39 is 5.97 Å². The first-order valence-corrected chi connectivity index (χ1v) is 7.14. The molecule has 18 heavy (non-hydrogen) atoms. The zero-order valence-corrected chi connectivity index (χ0v) is 11.6. The highest BCUT2D eigenvalue weighted by Crippen LogP contribution is 2.10. The van der Waals surface area contributed by atoms with Crippen LogP contribution in [0.15, 0.2) is 4.52 Å². The van der Waals surface area contributed by atoms with E-state index in [-0.39, 0.29) is 5.75 Å². The second-order valence-electron chi connectivity index (χ2n) is 3.77. The number of rotatable bonds is 9. The Morgan fingerprint density at radius 3 is 2.78 bits per heavy atom. The first kappa shape index (κ1) is 15.0. The van der Waals surface area contributed by atoms with Crippen LogP contribution >= 0.6 is 11.8 Å². The average Bonchev–Trinajstić information content (AvgIpc) is 2.78. The highest BCUT2D eigenvalue weighted by Gasteiger charge is 2.08. The summed E-state index contributed by atoms with van der Waals surface area (Å²) in [6, 6.07) is 0. The van der Waals surface area contributed by atoms with Crippen LogP contribution in [-0.2, 0) is 17.0 Å². The van der Waals surface area contributed by atoms with E-state index in [9.17, 15) is 4.79 Å². The maximum Gasteiger partial charge on any atom is 0.313 e. The number of hydrogen-bond acceptors (Lipinski definition) is 6. The van der Waals surface area contributed by atoms with Crippen molar-refractivity contribution in [3.63, 3.8) is 0 Å². The molecule has 0 aliphatic heterocycles. The van der Waals surface area contributed by atoms with E-state index in [0.717, 1.165) is 26.1 Å². The van der Waals surface area contributed by atoms with Gasteiger partial charge in [0.05, 0.1) is 11.5 Å². The number of carboxylic acid groups (broad SMARTS) is 1. The van der Waals surface area contributed by atoms with E-state index in [4.69, 9.17) is 9.63 Å². The highest BCUT2D eigenvalue weighted by atomic mass is 32.2. The molecule has 0 unspecified atom stereocenters. The van der Waals surface area contributed by atoms with Gasteiger partial charge in [-0.05, 0) is 13.1 Å². The summed E-state index contributed by atoms with van der Waals surface area (Å²) in [5.74, 6) is 0.853. The van der Waals surface area contributed by atoms with Crippen molar-refractivity contribution >= 4 is 17.7 Å². The normalized spacial score (nSPS) is 11.1. The molecular formula is C11H19N3O3S. The summed E-state index contributed by atoms with van der Waals surface area (Å²) in [6.07, 6.45) is 0.759. The number of aliphatic carboxylic acids is 1. The molecule has 1 aromatic rings. The van der Waals surface area contributed by atoms with Crippen LogP contribution in [0.5, 0.6) is 0 Å². The summed E-state index contributed by atoms with van der Waals surface area (Å²) in [7, 11) is 0. The third-order valence-electron chi connectivity index (χ3n) is 2.51. The van der Waals surface area contributed by atoms with Gasteiger partial charge in [0.25, 0.3) is 0 Å². The predicted molar refractivity (Wildman–Crippen MR) is 69.6 cm³/mol. The lowest BCUT2D eigenvalue weighted by molar-refractivity contribution is -0.133. The third kappa shape index (κ3) is 5.50. The van der Waals surface area contributed by atoms with Gasteiger partial charge < -0.3 is 14.5 Å². The minimum atomic E-state index is -0.832. The maximum atomic E-state index is 10.3. The molecule has 0 atom stereocenters. The van der Waals surface area contributed by atoms with E-state index in [1.165, 1.54) is 11.8 Å². The Hall–Kier alpha value is -1.08. The minimum absolute atomic E-state index is 0.0527. The molecule has 0 radical (unpaired) electrons. The molecule has 0 fully saturated rings.